The topological polar surface area (TPSA) is 68.0 Å². The molecule has 3 aromatic carbocycles. The molecule has 1 amide bonds. The number of rotatable bonds is 5. The minimum Gasteiger partial charge on any atom is -0.348 e. The van der Waals surface area contributed by atoms with E-state index >= 15 is 0 Å². The number of halogens is 1. The van der Waals surface area contributed by atoms with Gasteiger partial charge in [-0.3, -0.25) is 4.79 Å². The van der Waals surface area contributed by atoms with E-state index in [1.54, 1.807) is 36.4 Å². The van der Waals surface area contributed by atoms with Crippen molar-refractivity contribution in [3.63, 3.8) is 0 Å². The molecule has 1 aromatic heterocycles. The van der Waals surface area contributed by atoms with Gasteiger partial charge in [0.1, 0.15) is 5.82 Å². The number of benzene rings is 3. The summed E-state index contributed by atoms with van der Waals surface area (Å²) in [6, 6.07) is 22.5. The highest BCUT2D eigenvalue weighted by Gasteiger charge is 2.18. The Balaban J connectivity index is 1.58. The van der Waals surface area contributed by atoms with Gasteiger partial charge in [-0.15, -0.1) is 0 Å². The first-order chi connectivity index (χ1) is 13.7. The van der Waals surface area contributed by atoms with Crippen molar-refractivity contribution in [2.24, 2.45) is 0 Å². The molecule has 0 saturated heterocycles. The fraction of sp³-hybridized carbons (Fsp3) is 0.0455. The standard InChI is InChI=1S/C22H16FN3O2/c23-17-12-10-16(11-13-17)20-25-22(28-26-20)19-9-5-4-8-18(19)21(27)24-14-15-6-2-1-3-7-15/h1-13H,14H2,(H,24,27). The number of carbonyl (C=O) groups excluding carboxylic acids is 1. The van der Waals surface area contributed by atoms with Crippen molar-refractivity contribution in [2.45, 2.75) is 6.54 Å². The lowest BCUT2D eigenvalue weighted by molar-refractivity contribution is 0.0951. The molecule has 0 bridgehead atoms. The summed E-state index contributed by atoms with van der Waals surface area (Å²) in [6.45, 7) is 0.415. The van der Waals surface area contributed by atoms with E-state index in [2.05, 4.69) is 15.5 Å². The fourth-order valence-electron chi connectivity index (χ4n) is 2.79. The number of aromatic nitrogens is 2. The van der Waals surface area contributed by atoms with Crippen LogP contribution in [-0.4, -0.2) is 16.0 Å². The van der Waals surface area contributed by atoms with Crippen LogP contribution in [0.5, 0.6) is 0 Å². The van der Waals surface area contributed by atoms with Crippen molar-refractivity contribution in [3.8, 4) is 22.8 Å². The van der Waals surface area contributed by atoms with Crippen molar-refractivity contribution in [2.75, 3.05) is 0 Å². The van der Waals surface area contributed by atoms with E-state index in [0.29, 0.717) is 29.1 Å². The quantitative estimate of drug-likeness (QED) is 0.560. The fourth-order valence-corrected chi connectivity index (χ4v) is 2.79. The van der Waals surface area contributed by atoms with Gasteiger partial charge in [0.2, 0.25) is 5.82 Å². The molecule has 1 N–H and O–H groups in total. The van der Waals surface area contributed by atoms with Crippen molar-refractivity contribution in [3.05, 3.63) is 95.8 Å². The second kappa shape index (κ2) is 7.84. The molecule has 1 heterocycles. The second-order valence-electron chi connectivity index (χ2n) is 6.14. The number of hydrogen-bond acceptors (Lipinski definition) is 4. The molecule has 0 aliphatic heterocycles. The van der Waals surface area contributed by atoms with Gasteiger partial charge in [-0.2, -0.15) is 4.98 Å². The molecule has 0 saturated carbocycles. The molecule has 4 rings (SSSR count). The Morgan fingerprint density at radius 1 is 0.929 bits per heavy atom. The number of carbonyl (C=O) groups is 1. The monoisotopic (exact) mass is 373 g/mol. The molecule has 0 unspecified atom stereocenters. The highest BCUT2D eigenvalue weighted by Crippen LogP contribution is 2.25. The average Bonchev–Trinajstić information content (AvgIpc) is 3.23. The van der Waals surface area contributed by atoms with Crippen LogP contribution in [0, 0.1) is 5.82 Å². The Kier molecular flexibility index (Phi) is 4.93. The van der Waals surface area contributed by atoms with Crippen LogP contribution in [0.2, 0.25) is 0 Å². The zero-order valence-electron chi connectivity index (χ0n) is 14.8. The molecule has 0 atom stereocenters. The van der Waals surface area contributed by atoms with Crippen LogP contribution in [0.25, 0.3) is 22.8 Å². The third-order valence-electron chi connectivity index (χ3n) is 4.23. The third kappa shape index (κ3) is 3.81. The predicted octanol–water partition coefficient (Wildman–Crippen LogP) is 4.47. The van der Waals surface area contributed by atoms with E-state index in [9.17, 15) is 9.18 Å². The SMILES string of the molecule is O=C(NCc1ccccc1)c1ccccc1-c1nc(-c2ccc(F)cc2)no1. The Hall–Kier alpha value is -3.80. The minimum absolute atomic E-state index is 0.227. The first-order valence-corrected chi connectivity index (χ1v) is 8.72. The van der Waals surface area contributed by atoms with Crippen LogP contribution in [0.15, 0.2) is 83.4 Å². The zero-order valence-corrected chi connectivity index (χ0v) is 14.8. The van der Waals surface area contributed by atoms with Crippen molar-refractivity contribution >= 4 is 5.91 Å². The lowest BCUT2D eigenvalue weighted by atomic mass is 10.1. The molecule has 0 aliphatic carbocycles. The van der Waals surface area contributed by atoms with Crippen molar-refractivity contribution in [1.82, 2.24) is 15.5 Å². The summed E-state index contributed by atoms with van der Waals surface area (Å²) in [7, 11) is 0. The molecule has 28 heavy (non-hydrogen) atoms. The first kappa shape index (κ1) is 17.6. The normalized spacial score (nSPS) is 10.6. The molecule has 6 heteroatoms. The predicted molar refractivity (Wildman–Crippen MR) is 103 cm³/mol. The summed E-state index contributed by atoms with van der Waals surface area (Å²) >= 11 is 0. The van der Waals surface area contributed by atoms with Gasteiger partial charge in [0, 0.05) is 12.1 Å². The van der Waals surface area contributed by atoms with Crippen molar-refractivity contribution in [1.29, 1.82) is 0 Å². The minimum atomic E-state index is -0.340. The third-order valence-corrected chi connectivity index (χ3v) is 4.23. The summed E-state index contributed by atoms with van der Waals surface area (Å²) in [4.78, 5) is 17.0. The van der Waals surface area contributed by atoms with Gasteiger partial charge in [-0.25, -0.2) is 4.39 Å². The Morgan fingerprint density at radius 2 is 1.64 bits per heavy atom. The van der Waals surface area contributed by atoms with Crippen LogP contribution in [0.4, 0.5) is 4.39 Å². The molecule has 0 fully saturated rings. The summed E-state index contributed by atoms with van der Waals surface area (Å²) in [6.07, 6.45) is 0. The summed E-state index contributed by atoms with van der Waals surface area (Å²) in [5.41, 5.74) is 2.61. The molecule has 0 aliphatic rings. The van der Waals surface area contributed by atoms with E-state index in [1.807, 2.05) is 30.3 Å². The molecular formula is C22H16FN3O2. The second-order valence-corrected chi connectivity index (χ2v) is 6.14. The smallest absolute Gasteiger partial charge is 0.259 e. The van der Waals surface area contributed by atoms with Crippen LogP contribution in [0.1, 0.15) is 15.9 Å². The van der Waals surface area contributed by atoms with E-state index in [0.717, 1.165) is 5.56 Å². The summed E-state index contributed by atoms with van der Waals surface area (Å²) in [5, 5.41) is 6.85. The maximum Gasteiger partial charge on any atom is 0.259 e. The van der Waals surface area contributed by atoms with Gasteiger partial charge in [0.15, 0.2) is 0 Å². The maximum absolute atomic E-state index is 13.1. The Bertz CT molecular complexity index is 1090. The molecule has 4 aromatic rings. The highest BCUT2D eigenvalue weighted by atomic mass is 19.1. The van der Waals surface area contributed by atoms with Crippen LogP contribution in [-0.2, 0) is 6.54 Å². The molecule has 0 spiro atoms. The van der Waals surface area contributed by atoms with Crippen molar-refractivity contribution < 1.29 is 13.7 Å². The number of amides is 1. The number of hydrogen-bond donors (Lipinski definition) is 1. The van der Waals surface area contributed by atoms with Crippen LogP contribution in [0.3, 0.4) is 0 Å². The summed E-state index contributed by atoms with van der Waals surface area (Å²) in [5.74, 6) is -0.0202. The van der Waals surface area contributed by atoms with Gasteiger partial charge in [0.25, 0.3) is 11.8 Å². The Morgan fingerprint density at radius 3 is 2.43 bits per heavy atom. The van der Waals surface area contributed by atoms with Gasteiger partial charge in [-0.1, -0.05) is 47.6 Å². The lowest BCUT2D eigenvalue weighted by Crippen LogP contribution is -2.23. The summed E-state index contributed by atoms with van der Waals surface area (Å²) < 4.78 is 18.5. The van der Waals surface area contributed by atoms with Crippen LogP contribution < -0.4 is 5.32 Å². The van der Waals surface area contributed by atoms with Gasteiger partial charge in [0.05, 0.1) is 11.1 Å². The molecule has 5 nitrogen and oxygen atoms in total. The zero-order chi connectivity index (χ0) is 19.3. The van der Waals surface area contributed by atoms with Gasteiger partial charge >= 0.3 is 0 Å². The molecular weight excluding hydrogens is 357 g/mol. The molecule has 0 radical (unpaired) electrons. The van der Waals surface area contributed by atoms with E-state index in [-0.39, 0.29) is 17.6 Å². The van der Waals surface area contributed by atoms with Gasteiger partial charge < -0.3 is 9.84 Å². The van der Waals surface area contributed by atoms with E-state index < -0.39 is 0 Å². The van der Waals surface area contributed by atoms with E-state index in [1.165, 1.54) is 12.1 Å². The Labute approximate surface area is 160 Å². The lowest BCUT2D eigenvalue weighted by Gasteiger charge is -2.08. The van der Waals surface area contributed by atoms with E-state index in [4.69, 9.17) is 4.52 Å². The molecule has 138 valence electrons. The number of nitrogens with one attached hydrogen (secondary N) is 1. The first-order valence-electron chi connectivity index (χ1n) is 8.72. The highest BCUT2D eigenvalue weighted by molar-refractivity contribution is 6.00. The van der Waals surface area contributed by atoms with Crippen LogP contribution >= 0.6 is 0 Å². The average molecular weight is 373 g/mol. The van der Waals surface area contributed by atoms with Gasteiger partial charge in [-0.05, 0) is 42.0 Å². The maximum atomic E-state index is 13.1. The largest absolute Gasteiger partial charge is 0.348 e. The number of nitrogens with zero attached hydrogens (tertiary/aromatic N) is 2.